The fourth-order valence-corrected chi connectivity index (χ4v) is 7.00. The molecular weight excluding hydrogens is 376 g/mol. The number of nitrogens with one attached hydrogen (secondary N) is 1. The molecule has 4 aliphatic carbocycles. The van der Waals surface area contributed by atoms with Crippen LogP contribution in [0.3, 0.4) is 0 Å². The summed E-state index contributed by atoms with van der Waals surface area (Å²) in [4.78, 5) is 27.4. The quantitative estimate of drug-likeness (QED) is 0.454. The summed E-state index contributed by atoms with van der Waals surface area (Å²) in [5, 5.41) is 4.69. The van der Waals surface area contributed by atoms with E-state index in [1.54, 1.807) is 5.01 Å². The number of nitrogens with zero attached hydrogens (tertiary/aromatic N) is 2. The van der Waals surface area contributed by atoms with Gasteiger partial charge in [-0.1, -0.05) is 18.2 Å². The molecule has 0 unspecified atom stereocenters. The Morgan fingerprint density at radius 1 is 1.00 bits per heavy atom. The molecule has 5 fully saturated rings. The zero-order chi connectivity index (χ0) is 20.7. The van der Waals surface area contributed by atoms with Gasteiger partial charge in [-0.2, -0.15) is 0 Å². The molecule has 3 amide bonds. The van der Waals surface area contributed by atoms with Crippen LogP contribution in [0.25, 0.3) is 0 Å². The molecule has 0 aromatic heterocycles. The zero-order valence-corrected chi connectivity index (χ0v) is 17.8. The lowest BCUT2D eigenvalue weighted by molar-refractivity contribution is -0.0711. The minimum Gasteiger partial charge on any atom is -0.339 e. The number of nitrogens with two attached hydrogens (primary N) is 1. The maximum Gasteiger partial charge on any atom is 0.332 e. The molecule has 0 atom stereocenters. The molecule has 3 N–H and O–H groups in total. The highest BCUT2D eigenvalue weighted by Crippen LogP contribution is 2.57. The molecule has 6 nitrogen and oxygen atoms in total. The number of rotatable bonds is 4. The Labute approximate surface area is 179 Å². The summed E-state index contributed by atoms with van der Waals surface area (Å²) in [7, 11) is 0. The number of likely N-dealkylation sites (tertiary alicyclic amines) is 1. The van der Waals surface area contributed by atoms with E-state index in [9.17, 15) is 9.59 Å². The van der Waals surface area contributed by atoms with Crippen molar-refractivity contribution >= 4 is 11.9 Å². The molecule has 1 saturated heterocycles. The number of urea groups is 1. The van der Waals surface area contributed by atoms with Gasteiger partial charge in [0, 0.05) is 25.2 Å². The van der Waals surface area contributed by atoms with Gasteiger partial charge in [0.25, 0.3) is 5.91 Å². The Hall–Kier alpha value is -2.08. The maximum absolute atomic E-state index is 12.9. The lowest BCUT2D eigenvalue weighted by Gasteiger charge is -2.59. The standard InChI is InChI=1S/C24H34N4O2/c25-28(24-13-18-10-19(14-24)12-20(11-18)15-24)23(30)26-16-17-6-8-27(9-7-17)22(29)21-4-2-1-3-5-21/h1-5,17-20H,6-16,25H2,(H,26,30). The van der Waals surface area contributed by atoms with Crippen LogP contribution >= 0.6 is 0 Å². The first-order chi connectivity index (χ1) is 14.5. The molecule has 30 heavy (non-hydrogen) atoms. The lowest BCUT2D eigenvalue weighted by Crippen LogP contribution is -2.65. The minimum atomic E-state index is -0.111. The molecule has 4 bridgehead atoms. The van der Waals surface area contributed by atoms with Crippen LogP contribution < -0.4 is 11.2 Å². The number of benzene rings is 1. The monoisotopic (exact) mass is 410 g/mol. The predicted octanol–water partition coefficient (Wildman–Crippen LogP) is 3.39. The normalized spacial score (nSPS) is 32.8. The van der Waals surface area contributed by atoms with E-state index in [2.05, 4.69) is 5.32 Å². The Bertz CT molecular complexity index is 752. The Morgan fingerprint density at radius 3 is 2.13 bits per heavy atom. The second kappa shape index (κ2) is 7.88. The van der Waals surface area contributed by atoms with Gasteiger partial charge in [-0.05, 0) is 87.2 Å². The first kappa shape index (κ1) is 19.9. The smallest absolute Gasteiger partial charge is 0.332 e. The van der Waals surface area contributed by atoms with Crippen molar-refractivity contribution in [2.24, 2.45) is 29.5 Å². The molecule has 162 valence electrons. The molecule has 1 aliphatic heterocycles. The maximum atomic E-state index is 12.9. The van der Waals surface area contributed by atoms with E-state index in [1.807, 2.05) is 35.2 Å². The average Bonchev–Trinajstić information content (AvgIpc) is 2.76. The first-order valence-corrected chi connectivity index (χ1v) is 11.7. The number of carbonyl (C=O) groups is 2. The van der Waals surface area contributed by atoms with Gasteiger partial charge in [0.05, 0.1) is 5.54 Å². The highest BCUT2D eigenvalue weighted by Gasteiger charge is 2.54. The van der Waals surface area contributed by atoms with E-state index in [0.717, 1.165) is 68.5 Å². The first-order valence-electron chi connectivity index (χ1n) is 11.7. The van der Waals surface area contributed by atoms with Gasteiger partial charge in [0.1, 0.15) is 0 Å². The van der Waals surface area contributed by atoms with Gasteiger partial charge >= 0.3 is 6.03 Å². The second-order valence-electron chi connectivity index (χ2n) is 10.3. The molecule has 1 aromatic rings. The molecule has 0 radical (unpaired) electrons. The fraction of sp³-hybridized carbons (Fsp3) is 0.667. The van der Waals surface area contributed by atoms with Gasteiger partial charge in [0.15, 0.2) is 0 Å². The largest absolute Gasteiger partial charge is 0.339 e. The minimum absolute atomic E-state index is 0.105. The molecule has 1 aromatic carbocycles. The van der Waals surface area contributed by atoms with Crippen molar-refractivity contribution in [3.8, 4) is 0 Å². The van der Waals surface area contributed by atoms with Crippen molar-refractivity contribution in [1.82, 2.24) is 15.2 Å². The Balaban J connectivity index is 1.10. The van der Waals surface area contributed by atoms with Crippen LogP contribution in [-0.2, 0) is 0 Å². The van der Waals surface area contributed by atoms with E-state index >= 15 is 0 Å². The van der Waals surface area contributed by atoms with Crippen LogP contribution in [0, 0.1) is 23.7 Å². The Kier molecular flexibility index (Phi) is 5.21. The topological polar surface area (TPSA) is 78.7 Å². The van der Waals surface area contributed by atoms with Crippen LogP contribution in [-0.4, -0.2) is 47.0 Å². The molecule has 6 rings (SSSR count). The summed E-state index contributed by atoms with van der Waals surface area (Å²) in [6.45, 7) is 2.14. The van der Waals surface area contributed by atoms with E-state index < -0.39 is 0 Å². The van der Waals surface area contributed by atoms with E-state index in [-0.39, 0.29) is 17.5 Å². The fourth-order valence-electron chi connectivity index (χ4n) is 7.00. The van der Waals surface area contributed by atoms with E-state index in [0.29, 0.717) is 12.5 Å². The highest BCUT2D eigenvalue weighted by atomic mass is 16.2. The van der Waals surface area contributed by atoms with Crippen LogP contribution in [0.15, 0.2) is 30.3 Å². The summed E-state index contributed by atoms with van der Waals surface area (Å²) < 4.78 is 0. The summed E-state index contributed by atoms with van der Waals surface area (Å²) in [6, 6.07) is 9.36. The predicted molar refractivity (Wildman–Crippen MR) is 115 cm³/mol. The number of piperidine rings is 1. The van der Waals surface area contributed by atoms with E-state index in [4.69, 9.17) is 5.84 Å². The second-order valence-corrected chi connectivity index (χ2v) is 10.3. The summed E-state index contributed by atoms with van der Waals surface area (Å²) in [5.74, 6) is 9.23. The SMILES string of the molecule is NN(C(=O)NCC1CCN(C(=O)c2ccccc2)CC1)C12CC3CC(CC(C3)C1)C2. The molecule has 4 saturated carbocycles. The van der Waals surface area contributed by atoms with Gasteiger partial charge in [-0.15, -0.1) is 0 Å². The molecule has 5 aliphatic rings. The molecular formula is C24H34N4O2. The van der Waals surface area contributed by atoms with Crippen LogP contribution in [0.1, 0.15) is 61.7 Å². The molecule has 0 spiro atoms. The number of amides is 3. The zero-order valence-electron chi connectivity index (χ0n) is 17.8. The molecule has 6 heteroatoms. The number of carbonyl (C=O) groups excluding carboxylic acids is 2. The average molecular weight is 411 g/mol. The van der Waals surface area contributed by atoms with Crippen molar-refractivity contribution < 1.29 is 9.59 Å². The van der Waals surface area contributed by atoms with Crippen molar-refractivity contribution in [2.75, 3.05) is 19.6 Å². The van der Waals surface area contributed by atoms with Crippen LogP contribution in [0.5, 0.6) is 0 Å². The number of hydrazine groups is 1. The van der Waals surface area contributed by atoms with Gasteiger partial charge < -0.3 is 10.2 Å². The Morgan fingerprint density at radius 2 is 1.57 bits per heavy atom. The van der Waals surface area contributed by atoms with Gasteiger partial charge in [-0.3, -0.25) is 9.80 Å². The summed E-state index contributed by atoms with van der Waals surface area (Å²) in [6.07, 6.45) is 9.12. The van der Waals surface area contributed by atoms with Crippen molar-refractivity contribution in [3.05, 3.63) is 35.9 Å². The third-order valence-electron chi connectivity index (χ3n) is 8.20. The van der Waals surface area contributed by atoms with E-state index in [1.165, 1.54) is 19.3 Å². The van der Waals surface area contributed by atoms with Crippen LogP contribution in [0.2, 0.25) is 0 Å². The van der Waals surface area contributed by atoms with Gasteiger partial charge in [-0.25, -0.2) is 10.6 Å². The third-order valence-corrected chi connectivity index (χ3v) is 8.20. The van der Waals surface area contributed by atoms with Crippen molar-refractivity contribution in [1.29, 1.82) is 0 Å². The lowest BCUT2D eigenvalue weighted by atomic mass is 9.53. The molecule has 1 heterocycles. The highest BCUT2D eigenvalue weighted by molar-refractivity contribution is 5.94. The van der Waals surface area contributed by atoms with Crippen molar-refractivity contribution in [2.45, 2.75) is 56.9 Å². The number of hydrogen-bond donors (Lipinski definition) is 2. The third kappa shape index (κ3) is 3.70. The summed E-state index contributed by atoms with van der Waals surface area (Å²) >= 11 is 0. The van der Waals surface area contributed by atoms with Crippen molar-refractivity contribution in [3.63, 3.8) is 0 Å². The van der Waals surface area contributed by atoms with Gasteiger partial charge in [0.2, 0.25) is 0 Å². The van der Waals surface area contributed by atoms with Crippen LogP contribution in [0.4, 0.5) is 4.79 Å². The summed E-state index contributed by atoms with van der Waals surface area (Å²) in [5.41, 5.74) is 0.642. The number of hydrogen-bond acceptors (Lipinski definition) is 3.